The van der Waals surface area contributed by atoms with E-state index >= 15 is 0 Å². The van der Waals surface area contributed by atoms with Crippen molar-refractivity contribution in [2.75, 3.05) is 18.5 Å². The summed E-state index contributed by atoms with van der Waals surface area (Å²) in [6, 6.07) is 8.03. The van der Waals surface area contributed by atoms with Crippen LogP contribution in [-0.4, -0.2) is 35.5 Å². The zero-order valence-corrected chi connectivity index (χ0v) is 16.7. The number of anilines is 1. The molecule has 0 aliphatic carbocycles. The Hall–Kier alpha value is -2.63. The van der Waals surface area contributed by atoms with E-state index in [9.17, 15) is 9.59 Å². The van der Waals surface area contributed by atoms with E-state index < -0.39 is 0 Å². The number of hydrogen-bond donors (Lipinski definition) is 0. The number of benzene rings is 1. The van der Waals surface area contributed by atoms with Crippen molar-refractivity contribution in [3.63, 3.8) is 0 Å². The highest BCUT2D eigenvalue weighted by Crippen LogP contribution is 2.28. The molecule has 6 heteroatoms. The molecule has 27 heavy (non-hydrogen) atoms. The van der Waals surface area contributed by atoms with Crippen LogP contribution in [0, 0.1) is 19.8 Å². The van der Waals surface area contributed by atoms with Crippen LogP contribution < -0.4 is 4.90 Å². The van der Waals surface area contributed by atoms with Gasteiger partial charge in [-0.1, -0.05) is 31.1 Å². The molecule has 0 spiro atoms. The number of carbonyl (C=O) groups is 2. The molecule has 1 atom stereocenters. The van der Waals surface area contributed by atoms with Gasteiger partial charge in [0.1, 0.15) is 5.76 Å². The highest BCUT2D eigenvalue weighted by atomic mass is 16.5. The van der Waals surface area contributed by atoms with Gasteiger partial charge < -0.3 is 14.3 Å². The van der Waals surface area contributed by atoms with Gasteiger partial charge in [0.05, 0.1) is 18.2 Å². The molecule has 1 aliphatic heterocycles. The molecular formula is C21H27N3O3. The molecule has 0 N–H and O–H groups in total. The zero-order valence-electron chi connectivity index (χ0n) is 16.7. The van der Waals surface area contributed by atoms with Gasteiger partial charge in [-0.2, -0.15) is 0 Å². The van der Waals surface area contributed by atoms with Crippen molar-refractivity contribution < 1.29 is 14.1 Å². The van der Waals surface area contributed by atoms with Crippen LogP contribution in [0.4, 0.5) is 5.69 Å². The van der Waals surface area contributed by atoms with E-state index in [4.69, 9.17) is 4.52 Å². The Bertz CT molecular complexity index is 819. The van der Waals surface area contributed by atoms with E-state index in [-0.39, 0.29) is 24.2 Å². The zero-order chi connectivity index (χ0) is 19.7. The fourth-order valence-electron chi connectivity index (χ4n) is 3.52. The Labute approximate surface area is 160 Å². The molecule has 0 radical (unpaired) electrons. The van der Waals surface area contributed by atoms with Crippen molar-refractivity contribution in [3.8, 4) is 0 Å². The maximum atomic E-state index is 12.9. The fourth-order valence-corrected chi connectivity index (χ4v) is 3.52. The second-order valence-electron chi connectivity index (χ2n) is 7.65. The van der Waals surface area contributed by atoms with Gasteiger partial charge in [0.25, 0.3) is 0 Å². The van der Waals surface area contributed by atoms with Crippen molar-refractivity contribution >= 4 is 17.5 Å². The molecule has 1 saturated heterocycles. The maximum absolute atomic E-state index is 12.9. The van der Waals surface area contributed by atoms with Crippen molar-refractivity contribution in [1.82, 2.24) is 10.1 Å². The van der Waals surface area contributed by atoms with Gasteiger partial charge in [-0.15, -0.1) is 0 Å². The van der Waals surface area contributed by atoms with Crippen LogP contribution in [0.1, 0.15) is 48.8 Å². The first kappa shape index (κ1) is 19.1. The Morgan fingerprint density at radius 1 is 1.30 bits per heavy atom. The summed E-state index contributed by atoms with van der Waals surface area (Å²) in [6.07, 6.45) is 0.247. The lowest BCUT2D eigenvalue weighted by Crippen LogP contribution is -2.34. The van der Waals surface area contributed by atoms with Crippen molar-refractivity contribution in [2.24, 2.45) is 5.92 Å². The predicted octanol–water partition coefficient (Wildman–Crippen LogP) is 3.43. The third kappa shape index (κ3) is 3.89. The normalized spacial score (nSPS) is 17.0. The van der Waals surface area contributed by atoms with E-state index in [1.54, 1.807) is 16.8 Å². The van der Waals surface area contributed by atoms with Gasteiger partial charge in [-0.25, -0.2) is 0 Å². The van der Waals surface area contributed by atoms with Gasteiger partial charge in [-0.05, 0) is 37.5 Å². The fraction of sp³-hybridized carbons (Fsp3) is 0.476. The average molecular weight is 369 g/mol. The monoisotopic (exact) mass is 369 g/mol. The maximum Gasteiger partial charge on any atom is 0.228 e. The SMILES string of the molecule is Cc1noc(C)c1CN(C)C(=O)C1CC(=O)N(c2ccc(C(C)C)cc2)C1. The van der Waals surface area contributed by atoms with Crippen LogP contribution in [0.15, 0.2) is 28.8 Å². The molecule has 2 heterocycles. The summed E-state index contributed by atoms with van der Waals surface area (Å²) < 4.78 is 5.17. The van der Waals surface area contributed by atoms with Crippen LogP contribution >= 0.6 is 0 Å². The summed E-state index contributed by atoms with van der Waals surface area (Å²) in [5, 5.41) is 3.93. The van der Waals surface area contributed by atoms with Gasteiger partial charge in [0.15, 0.2) is 0 Å². The molecule has 0 saturated carbocycles. The minimum atomic E-state index is -0.326. The van der Waals surface area contributed by atoms with Crippen molar-refractivity contribution in [2.45, 2.75) is 46.6 Å². The summed E-state index contributed by atoms with van der Waals surface area (Å²) in [6.45, 7) is 8.85. The molecule has 1 unspecified atom stereocenters. The molecule has 2 aromatic rings. The molecule has 6 nitrogen and oxygen atoms in total. The van der Waals surface area contributed by atoms with Crippen LogP contribution in [0.25, 0.3) is 0 Å². The Morgan fingerprint density at radius 2 is 1.96 bits per heavy atom. The minimum Gasteiger partial charge on any atom is -0.361 e. The molecular weight excluding hydrogens is 342 g/mol. The van der Waals surface area contributed by atoms with Gasteiger partial charge in [-0.3, -0.25) is 9.59 Å². The first-order chi connectivity index (χ1) is 12.8. The molecule has 1 aromatic carbocycles. The standard InChI is InChI=1S/C21H27N3O3/c1-13(2)16-6-8-18(9-7-16)24-11-17(10-20(24)25)21(26)23(5)12-19-14(3)22-27-15(19)4/h6-9,13,17H,10-12H2,1-5H3. The topological polar surface area (TPSA) is 66.7 Å². The highest BCUT2D eigenvalue weighted by molar-refractivity contribution is 6.00. The first-order valence-electron chi connectivity index (χ1n) is 9.35. The lowest BCUT2D eigenvalue weighted by molar-refractivity contribution is -0.135. The summed E-state index contributed by atoms with van der Waals surface area (Å²) in [7, 11) is 1.76. The van der Waals surface area contributed by atoms with Crippen molar-refractivity contribution in [3.05, 3.63) is 46.8 Å². The van der Waals surface area contributed by atoms with Crippen molar-refractivity contribution in [1.29, 1.82) is 0 Å². The largest absolute Gasteiger partial charge is 0.361 e. The Morgan fingerprint density at radius 3 is 2.52 bits per heavy atom. The molecule has 1 aromatic heterocycles. The number of rotatable bonds is 5. The van der Waals surface area contributed by atoms with Crippen LogP contribution in [0.3, 0.4) is 0 Å². The molecule has 3 rings (SSSR count). The number of hydrogen-bond acceptors (Lipinski definition) is 4. The minimum absolute atomic E-state index is 0.00335. The molecule has 144 valence electrons. The summed E-state index contributed by atoms with van der Waals surface area (Å²) in [4.78, 5) is 28.7. The number of aryl methyl sites for hydroxylation is 2. The lowest BCUT2D eigenvalue weighted by Gasteiger charge is -2.21. The number of carbonyl (C=O) groups excluding carboxylic acids is 2. The summed E-state index contributed by atoms with van der Waals surface area (Å²) in [5.74, 6) is 0.816. The van der Waals surface area contributed by atoms with E-state index in [1.165, 1.54) is 5.56 Å². The molecule has 1 fully saturated rings. The third-order valence-corrected chi connectivity index (χ3v) is 5.30. The number of nitrogens with zero attached hydrogens (tertiary/aromatic N) is 3. The smallest absolute Gasteiger partial charge is 0.228 e. The second-order valence-corrected chi connectivity index (χ2v) is 7.65. The number of aromatic nitrogens is 1. The second kappa shape index (κ2) is 7.55. The molecule has 2 amide bonds. The van der Waals surface area contributed by atoms with E-state index in [0.717, 1.165) is 22.7 Å². The van der Waals surface area contributed by atoms with Crippen LogP contribution in [0.2, 0.25) is 0 Å². The van der Waals surface area contributed by atoms with E-state index in [1.807, 2.05) is 38.1 Å². The Kier molecular flexibility index (Phi) is 5.35. The number of amides is 2. The molecule has 0 bridgehead atoms. The average Bonchev–Trinajstić information content (AvgIpc) is 3.18. The quantitative estimate of drug-likeness (QED) is 0.810. The van der Waals surface area contributed by atoms with Gasteiger partial charge >= 0.3 is 0 Å². The van der Waals surface area contributed by atoms with E-state index in [0.29, 0.717) is 19.0 Å². The summed E-state index contributed by atoms with van der Waals surface area (Å²) in [5.41, 5.74) is 3.81. The van der Waals surface area contributed by atoms with Crippen LogP contribution in [-0.2, 0) is 16.1 Å². The van der Waals surface area contributed by atoms with Crippen LogP contribution in [0.5, 0.6) is 0 Å². The predicted molar refractivity (Wildman–Crippen MR) is 103 cm³/mol. The van der Waals surface area contributed by atoms with Gasteiger partial charge in [0, 0.05) is 31.3 Å². The highest BCUT2D eigenvalue weighted by Gasteiger charge is 2.36. The van der Waals surface area contributed by atoms with Gasteiger partial charge in [0.2, 0.25) is 11.8 Å². The first-order valence-corrected chi connectivity index (χ1v) is 9.35. The Balaban J connectivity index is 1.68. The molecule has 1 aliphatic rings. The lowest BCUT2D eigenvalue weighted by atomic mass is 10.0. The third-order valence-electron chi connectivity index (χ3n) is 5.30. The summed E-state index contributed by atoms with van der Waals surface area (Å²) >= 11 is 0. The van der Waals surface area contributed by atoms with E-state index in [2.05, 4.69) is 19.0 Å².